The molecule has 1 aromatic carbocycles. The summed E-state index contributed by atoms with van der Waals surface area (Å²) in [4.78, 5) is 40.5. The topological polar surface area (TPSA) is 143 Å². The van der Waals surface area contributed by atoms with E-state index in [1.807, 2.05) is 30.3 Å². The van der Waals surface area contributed by atoms with Gasteiger partial charge in [-0.05, 0) is 18.9 Å². The Morgan fingerprint density at radius 3 is 2.63 bits per heavy atom. The molecular formula is C20H20N6O4. The Morgan fingerprint density at radius 2 is 1.93 bits per heavy atom. The molecule has 0 saturated heterocycles. The van der Waals surface area contributed by atoms with Crippen LogP contribution in [0.4, 0.5) is 0 Å². The summed E-state index contributed by atoms with van der Waals surface area (Å²) in [7, 11) is 1.58. The summed E-state index contributed by atoms with van der Waals surface area (Å²) in [6, 6.07) is 11.6. The second-order valence-electron chi connectivity index (χ2n) is 7.10. The fourth-order valence-corrected chi connectivity index (χ4v) is 3.69. The van der Waals surface area contributed by atoms with Gasteiger partial charge in [0.15, 0.2) is 0 Å². The molecule has 10 heteroatoms. The predicted octanol–water partition coefficient (Wildman–Crippen LogP) is 0.858. The minimum atomic E-state index is -0.457. The molecule has 10 nitrogen and oxygen atoms in total. The van der Waals surface area contributed by atoms with Crippen LogP contribution in [0, 0.1) is 5.92 Å². The molecule has 0 aliphatic heterocycles. The zero-order valence-corrected chi connectivity index (χ0v) is 16.2. The molecule has 0 radical (unpaired) electrons. The first-order valence-electron chi connectivity index (χ1n) is 9.52. The van der Waals surface area contributed by atoms with Crippen LogP contribution < -0.4 is 16.2 Å². The predicted molar refractivity (Wildman–Crippen MR) is 105 cm³/mol. The van der Waals surface area contributed by atoms with Crippen LogP contribution in [0.1, 0.15) is 35.1 Å². The number of carbonyl (C=O) groups is 2. The van der Waals surface area contributed by atoms with E-state index in [4.69, 9.17) is 4.52 Å². The molecule has 0 bridgehead atoms. The van der Waals surface area contributed by atoms with E-state index in [1.54, 1.807) is 7.05 Å². The second-order valence-corrected chi connectivity index (χ2v) is 7.10. The molecule has 2 aromatic heterocycles. The molecule has 2 amide bonds. The smallest absolute Gasteiger partial charge is 0.271 e. The Hall–Kier alpha value is -3.82. The van der Waals surface area contributed by atoms with Crippen molar-refractivity contribution in [2.24, 2.45) is 5.92 Å². The third-order valence-corrected chi connectivity index (χ3v) is 5.20. The van der Waals surface area contributed by atoms with Crippen molar-refractivity contribution in [2.75, 3.05) is 7.05 Å². The molecule has 3 aromatic rings. The van der Waals surface area contributed by atoms with E-state index in [1.165, 1.54) is 12.1 Å². The van der Waals surface area contributed by atoms with Gasteiger partial charge < -0.3 is 15.2 Å². The van der Waals surface area contributed by atoms with Crippen molar-refractivity contribution in [2.45, 2.75) is 24.8 Å². The van der Waals surface area contributed by atoms with Crippen LogP contribution in [0.3, 0.4) is 0 Å². The van der Waals surface area contributed by atoms with Crippen molar-refractivity contribution < 1.29 is 14.1 Å². The number of hydrogen-bond donors (Lipinski definition) is 3. The lowest BCUT2D eigenvalue weighted by molar-refractivity contribution is -0.124. The van der Waals surface area contributed by atoms with Crippen LogP contribution in [-0.4, -0.2) is 45.2 Å². The van der Waals surface area contributed by atoms with Crippen molar-refractivity contribution >= 4 is 11.8 Å². The van der Waals surface area contributed by atoms with Crippen LogP contribution in [0.25, 0.3) is 11.4 Å². The van der Waals surface area contributed by atoms with Crippen molar-refractivity contribution in [1.82, 2.24) is 31.0 Å². The molecule has 3 N–H and O–H groups in total. The summed E-state index contributed by atoms with van der Waals surface area (Å²) in [6.45, 7) is 0. The fraction of sp³-hybridized carbons (Fsp3) is 0.300. The van der Waals surface area contributed by atoms with Gasteiger partial charge in [-0.25, -0.2) is 5.10 Å². The highest BCUT2D eigenvalue weighted by Crippen LogP contribution is 2.38. The number of aromatic nitrogens is 4. The van der Waals surface area contributed by atoms with Gasteiger partial charge in [0, 0.05) is 30.6 Å². The first-order valence-corrected chi connectivity index (χ1v) is 9.52. The Kier molecular flexibility index (Phi) is 5.38. The highest BCUT2D eigenvalue weighted by atomic mass is 16.5. The van der Waals surface area contributed by atoms with E-state index in [9.17, 15) is 14.4 Å². The van der Waals surface area contributed by atoms with Crippen LogP contribution in [0.5, 0.6) is 0 Å². The first kappa shape index (κ1) is 19.5. The van der Waals surface area contributed by atoms with E-state index in [0.717, 1.165) is 5.56 Å². The number of H-pyrrole nitrogens is 1. The Morgan fingerprint density at radius 1 is 1.13 bits per heavy atom. The lowest BCUT2D eigenvalue weighted by Gasteiger charge is -2.17. The molecule has 154 valence electrons. The van der Waals surface area contributed by atoms with E-state index in [-0.39, 0.29) is 23.4 Å². The quantitative estimate of drug-likeness (QED) is 0.568. The highest BCUT2D eigenvalue weighted by Gasteiger charge is 2.42. The molecule has 2 heterocycles. The molecular weight excluding hydrogens is 388 g/mol. The first-order chi connectivity index (χ1) is 14.5. The number of aromatic amines is 1. The summed E-state index contributed by atoms with van der Waals surface area (Å²) < 4.78 is 5.49. The van der Waals surface area contributed by atoms with Crippen molar-refractivity contribution in [3.8, 4) is 11.4 Å². The van der Waals surface area contributed by atoms with Gasteiger partial charge in [-0.3, -0.25) is 14.4 Å². The maximum atomic E-state index is 12.6. The number of nitrogens with one attached hydrogen (secondary N) is 3. The third kappa shape index (κ3) is 3.97. The molecule has 4 rings (SSSR count). The van der Waals surface area contributed by atoms with E-state index >= 15 is 0 Å². The van der Waals surface area contributed by atoms with Crippen LogP contribution in [0.2, 0.25) is 0 Å². The minimum Gasteiger partial charge on any atom is -0.359 e. The van der Waals surface area contributed by atoms with Crippen LogP contribution in [-0.2, 0) is 4.79 Å². The average molecular weight is 408 g/mol. The third-order valence-electron chi connectivity index (χ3n) is 5.20. The Bertz CT molecular complexity index is 1090. The molecule has 1 aliphatic carbocycles. The molecule has 3 atom stereocenters. The van der Waals surface area contributed by atoms with Gasteiger partial charge in [0.2, 0.25) is 17.6 Å². The number of hydrogen-bond acceptors (Lipinski definition) is 7. The molecule has 0 spiro atoms. The summed E-state index contributed by atoms with van der Waals surface area (Å²) in [5, 5.41) is 15.6. The van der Waals surface area contributed by atoms with E-state index in [2.05, 4.69) is 31.0 Å². The van der Waals surface area contributed by atoms with Crippen LogP contribution in [0.15, 0.2) is 51.8 Å². The number of amides is 2. The van der Waals surface area contributed by atoms with Gasteiger partial charge in [-0.1, -0.05) is 35.5 Å². The number of carbonyl (C=O) groups excluding carboxylic acids is 2. The molecule has 1 fully saturated rings. The highest BCUT2D eigenvalue weighted by molar-refractivity contribution is 5.92. The monoisotopic (exact) mass is 408 g/mol. The standard InChI is InChI=1S/C20H20N6O4/c1-21-18(28)12-9-13(20-23-17(26-30-20)11-5-3-2-4-6-11)15(10-12)22-19(29)14-7-8-16(27)25-24-14/h2-8,12-13,15H,9-10H2,1H3,(H,21,28)(H,22,29)(H,25,27)/t12-,13-,15+/m1/s1. The normalized spacial score (nSPS) is 20.6. The summed E-state index contributed by atoms with van der Waals surface area (Å²) in [5.41, 5.74) is 0.489. The van der Waals surface area contributed by atoms with E-state index < -0.39 is 17.5 Å². The van der Waals surface area contributed by atoms with Gasteiger partial charge in [0.25, 0.3) is 11.5 Å². The van der Waals surface area contributed by atoms with Crippen molar-refractivity contribution in [3.05, 3.63) is 64.4 Å². The largest absolute Gasteiger partial charge is 0.359 e. The number of nitrogens with zero attached hydrogens (tertiary/aromatic N) is 3. The Labute approximate surface area is 171 Å². The van der Waals surface area contributed by atoms with Crippen LogP contribution >= 0.6 is 0 Å². The lowest BCUT2D eigenvalue weighted by Crippen LogP contribution is -2.38. The molecule has 0 unspecified atom stereocenters. The number of rotatable bonds is 5. The van der Waals surface area contributed by atoms with Gasteiger partial charge in [-0.2, -0.15) is 10.1 Å². The van der Waals surface area contributed by atoms with Gasteiger partial charge in [0.1, 0.15) is 5.69 Å². The zero-order valence-electron chi connectivity index (χ0n) is 16.2. The van der Waals surface area contributed by atoms with Crippen molar-refractivity contribution in [3.63, 3.8) is 0 Å². The maximum absolute atomic E-state index is 12.6. The summed E-state index contributed by atoms with van der Waals surface area (Å²) >= 11 is 0. The second kappa shape index (κ2) is 8.27. The Balaban J connectivity index is 1.58. The SMILES string of the molecule is CNC(=O)[C@H]1C[C@H](NC(=O)c2ccc(=O)[nH]n2)[C@H](c2nc(-c3ccccc3)no2)C1. The average Bonchev–Trinajstić information content (AvgIpc) is 3.41. The van der Waals surface area contributed by atoms with Crippen molar-refractivity contribution in [1.29, 1.82) is 0 Å². The van der Waals surface area contributed by atoms with Gasteiger partial charge in [0.05, 0.1) is 5.92 Å². The van der Waals surface area contributed by atoms with E-state index in [0.29, 0.717) is 24.6 Å². The molecule has 30 heavy (non-hydrogen) atoms. The summed E-state index contributed by atoms with van der Waals surface area (Å²) in [5.74, 6) is -0.394. The summed E-state index contributed by atoms with van der Waals surface area (Å²) in [6.07, 6.45) is 0.878. The molecule has 1 saturated carbocycles. The van der Waals surface area contributed by atoms with Gasteiger partial charge in [-0.15, -0.1) is 0 Å². The lowest BCUT2D eigenvalue weighted by atomic mass is 10.0. The molecule has 1 aliphatic rings. The zero-order chi connectivity index (χ0) is 21.1. The fourth-order valence-electron chi connectivity index (χ4n) is 3.69. The maximum Gasteiger partial charge on any atom is 0.271 e. The minimum absolute atomic E-state index is 0.0762. The van der Waals surface area contributed by atoms with Gasteiger partial charge >= 0.3 is 0 Å². The number of benzene rings is 1.